The molecule has 0 aromatic heterocycles. The molecule has 0 saturated carbocycles. The highest BCUT2D eigenvalue weighted by atomic mass is 127. The minimum atomic E-state index is -0.752. The van der Waals surface area contributed by atoms with Gasteiger partial charge in [0.15, 0.2) is 0 Å². The smallest absolute Gasteiger partial charge is 0.276 e. The summed E-state index contributed by atoms with van der Waals surface area (Å²) in [6.45, 7) is 0.0107. The summed E-state index contributed by atoms with van der Waals surface area (Å²) in [5, 5.41) is 3.92. The van der Waals surface area contributed by atoms with Crippen molar-refractivity contribution in [1.29, 1.82) is 0 Å². The van der Waals surface area contributed by atoms with Crippen LogP contribution in [0.2, 0.25) is 0 Å². The van der Waals surface area contributed by atoms with Crippen LogP contribution in [0.3, 0.4) is 0 Å². The molecular formula is C14H12IN3O4. The third-order valence-electron chi connectivity index (χ3n) is 3.59. The predicted molar refractivity (Wildman–Crippen MR) is 84.4 cm³/mol. The number of aryl methyl sites for hydroxylation is 1. The third kappa shape index (κ3) is 2.36. The lowest BCUT2D eigenvalue weighted by Crippen LogP contribution is -2.58. The average molecular weight is 413 g/mol. The van der Waals surface area contributed by atoms with Crippen LogP contribution in [-0.4, -0.2) is 44.7 Å². The Bertz CT molecular complexity index is 703. The molecule has 0 bridgehead atoms. The van der Waals surface area contributed by atoms with Crippen LogP contribution in [0.15, 0.2) is 18.2 Å². The van der Waals surface area contributed by atoms with Crippen LogP contribution in [0.25, 0.3) is 0 Å². The fourth-order valence-electron chi connectivity index (χ4n) is 2.51. The Kier molecular flexibility index (Phi) is 3.85. The van der Waals surface area contributed by atoms with Crippen LogP contribution in [-0.2, 0) is 11.2 Å². The number of fused-ring (bicyclic) bond motifs is 1. The molecule has 0 unspecified atom stereocenters. The van der Waals surface area contributed by atoms with E-state index in [-0.39, 0.29) is 18.5 Å². The lowest BCUT2D eigenvalue weighted by Gasteiger charge is -2.32. The summed E-state index contributed by atoms with van der Waals surface area (Å²) in [5.41, 5.74) is 1.55. The van der Waals surface area contributed by atoms with E-state index in [2.05, 4.69) is 27.9 Å². The molecular weight excluding hydrogens is 401 g/mol. The van der Waals surface area contributed by atoms with E-state index in [0.29, 0.717) is 5.56 Å². The van der Waals surface area contributed by atoms with Crippen molar-refractivity contribution in [2.45, 2.75) is 12.8 Å². The highest BCUT2D eigenvalue weighted by molar-refractivity contribution is 14.1. The molecule has 7 nitrogen and oxygen atoms in total. The molecule has 5 amide bonds. The zero-order chi connectivity index (χ0) is 15.9. The van der Waals surface area contributed by atoms with Crippen LogP contribution in [0.1, 0.15) is 32.7 Å². The normalized spacial score (nSPS) is 17.9. The molecule has 1 saturated heterocycles. The predicted octanol–water partition coefficient (Wildman–Crippen LogP) is 1.12. The van der Waals surface area contributed by atoms with E-state index in [0.717, 1.165) is 26.4 Å². The second-order valence-electron chi connectivity index (χ2n) is 4.97. The SMILES string of the molecule is O=C1CCN(N2C(=O)c3ccc(CCI)cc3C2=O)C(=O)N1. The monoisotopic (exact) mass is 413 g/mol. The standard InChI is InChI=1S/C14H12IN3O4/c15-5-3-8-1-2-9-10(7-8)13(21)18(12(9)20)17-6-4-11(19)16-14(17)22/h1-2,7H,3-6H2,(H,16,19,22). The number of carbonyl (C=O) groups is 4. The molecule has 1 fully saturated rings. The number of rotatable bonds is 3. The fourth-order valence-corrected chi connectivity index (χ4v) is 3.13. The number of hydrogen-bond acceptors (Lipinski definition) is 4. The molecule has 1 N–H and O–H groups in total. The maximum atomic E-state index is 12.5. The van der Waals surface area contributed by atoms with Crippen molar-refractivity contribution in [2.24, 2.45) is 0 Å². The zero-order valence-corrected chi connectivity index (χ0v) is 13.6. The summed E-state index contributed by atoms with van der Waals surface area (Å²) in [6.07, 6.45) is 0.854. The van der Waals surface area contributed by atoms with Gasteiger partial charge in [-0.25, -0.2) is 9.80 Å². The number of carbonyl (C=O) groups excluding carboxylic acids is 4. The van der Waals surface area contributed by atoms with Gasteiger partial charge in [-0.3, -0.25) is 19.7 Å². The molecule has 114 valence electrons. The quantitative estimate of drug-likeness (QED) is 0.457. The van der Waals surface area contributed by atoms with Gasteiger partial charge in [0, 0.05) is 10.8 Å². The number of amides is 5. The van der Waals surface area contributed by atoms with Crippen molar-refractivity contribution in [3.8, 4) is 0 Å². The van der Waals surface area contributed by atoms with Gasteiger partial charge < -0.3 is 0 Å². The number of nitrogens with zero attached hydrogens (tertiary/aromatic N) is 2. The van der Waals surface area contributed by atoms with Crippen molar-refractivity contribution < 1.29 is 19.2 Å². The molecule has 2 aliphatic heterocycles. The first-order valence-corrected chi connectivity index (χ1v) is 8.24. The number of nitrogens with one attached hydrogen (secondary N) is 1. The largest absolute Gasteiger partial charge is 0.343 e. The molecule has 0 aliphatic carbocycles. The molecule has 22 heavy (non-hydrogen) atoms. The molecule has 0 radical (unpaired) electrons. The summed E-state index contributed by atoms with van der Waals surface area (Å²) in [4.78, 5) is 47.9. The number of alkyl halides is 1. The lowest BCUT2D eigenvalue weighted by molar-refractivity contribution is -0.122. The molecule has 3 rings (SSSR count). The first kappa shape index (κ1) is 14.9. The van der Waals surface area contributed by atoms with Gasteiger partial charge in [-0.15, -0.1) is 0 Å². The second kappa shape index (κ2) is 5.67. The van der Waals surface area contributed by atoms with Crippen molar-refractivity contribution >= 4 is 46.3 Å². The zero-order valence-electron chi connectivity index (χ0n) is 11.5. The minimum Gasteiger partial charge on any atom is -0.276 e. The average Bonchev–Trinajstić information content (AvgIpc) is 2.72. The van der Waals surface area contributed by atoms with Gasteiger partial charge in [0.2, 0.25) is 5.91 Å². The van der Waals surface area contributed by atoms with Crippen LogP contribution in [0.4, 0.5) is 4.79 Å². The van der Waals surface area contributed by atoms with Crippen molar-refractivity contribution in [3.63, 3.8) is 0 Å². The highest BCUT2D eigenvalue weighted by Gasteiger charge is 2.43. The molecule has 1 aromatic carbocycles. The van der Waals surface area contributed by atoms with E-state index >= 15 is 0 Å². The van der Waals surface area contributed by atoms with Crippen LogP contribution in [0, 0.1) is 0 Å². The maximum Gasteiger partial charge on any atom is 0.343 e. The minimum absolute atomic E-state index is 0.0107. The van der Waals surface area contributed by atoms with Crippen LogP contribution >= 0.6 is 22.6 Å². The van der Waals surface area contributed by atoms with E-state index in [4.69, 9.17) is 0 Å². The van der Waals surface area contributed by atoms with Crippen molar-refractivity contribution in [3.05, 3.63) is 34.9 Å². The van der Waals surface area contributed by atoms with Gasteiger partial charge in [0.1, 0.15) is 0 Å². The summed E-state index contributed by atoms with van der Waals surface area (Å²) in [7, 11) is 0. The molecule has 1 aromatic rings. The Morgan fingerprint density at radius 1 is 1.09 bits per heavy atom. The number of halogens is 1. The number of urea groups is 1. The number of benzene rings is 1. The maximum absolute atomic E-state index is 12.5. The topological polar surface area (TPSA) is 86.8 Å². The Labute approximate surface area is 139 Å². The Morgan fingerprint density at radius 2 is 1.82 bits per heavy atom. The van der Waals surface area contributed by atoms with Crippen LogP contribution in [0.5, 0.6) is 0 Å². The number of hydrogen-bond donors (Lipinski definition) is 1. The first-order chi connectivity index (χ1) is 10.5. The molecule has 2 heterocycles. The van der Waals surface area contributed by atoms with Gasteiger partial charge in [-0.1, -0.05) is 28.7 Å². The van der Waals surface area contributed by atoms with Crippen molar-refractivity contribution in [1.82, 2.24) is 15.3 Å². The van der Waals surface area contributed by atoms with E-state index in [1.165, 1.54) is 0 Å². The van der Waals surface area contributed by atoms with E-state index in [1.807, 2.05) is 6.07 Å². The van der Waals surface area contributed by atoms with Crippen LogP contribution < -0.4 is 5.32 Å². The molecule has 2 aliphatic rings. The molecule has 0 atom stereocenters. The van der Waals surface area contributed by atoms with Gasteiger partial charge >= 0.3 is 6.03 Å². The van der Waals surface area contributed by atoms with E-state index in [9.17, 15) is 19.2 Å². The lowest BCUT2D eigenvalue weighted by atomic mass is 10.0. The van der Waals surface area contributed by atoms with E-state index < -0.39 is 23.8 Å². The Hall–Kier alpha value is -1.97. The Balaban J connectivity index is 1.93. The molecule has 0 spiro atoms. The first-order valence-electron chi connectivity index (χ1n) is 6.72. The van der Waals surface area contributed by atoms with Crippen molar-refractivity contribution in [2.75, 3.05) is 11.0 Å². The fraction of sp³-hybridized carbons (Fsp3) is 0.286. The second-order valence-corrected chi connectivity index (χ2v) is 6.05. The summed E-state index contributed by atoms with van der Waals surface area (Å²) < 4.78 is 0.902. The number of hydrazine groups is 1. The van der Waals surface area contributed by atoms with Gasteiger partial charge in [-0.2, -0.15) is 5.01 Å². The van der Waals surface area contributed by atoms with Gasteiger partial charge in [0.25, 0.3) is 11.8 Å². The Morgan fingerprint density at radius 3 is 2.50 bits per heavy atom. The van der Waals surface area contributed by atoms with E-state index in [1.54, 1.807) is 12.1 Å². The third-order valence-corrected chi connectivity index (χ3v) is 4.12. The molecule has 8 heteroatoms. The number of imide groups is 2. The highest BCUT2D eigenvalue weighted by Crippen LogP contribution is 2.26. The van der Waals surface area contributed by atoms with Gasteiger partial charge in [0.05, 0.1) is 17.7 Å². The summed E-state index contributed by atoms with van der Waals surface area (Å²) in [5.74, 6) is -1.48. The summed E-state index contributed by atoms with van der Waals surface area (Å²) >= 11 is 2.24. The summed E-state index contributed by atoms with van der Waals surface area (Å²) in [6, 6.07) is 4.37. The van der Waals surface area contributed by atoms with Gasteiger partial charge in [-0.05, 0) is 24.1 Å².